The first-order chi connectivity index (χ1) is 16.1. The van der Waals surface area contributed by atoms with E-state index in [0.29, 0.717) is 29.0 Å². The van der Waals surface area contributed by atoms with Crippen LogP contribution in [0.25, 0.3) is 0 Å². The van der Waals surface area contributed by atoms with E-state index >= 15 is 0 Å². The molecule has 0 radical (unpaired) electrons. The second kappa shape index (κ2) is 11.4. The van der Waals surface area contributed by atoms with Gasteiger partial charge in [-0.1, -0.05) is 19.8 Å². The van der Waals surface area contributed by atoms with Gasteiger partial charge in [0.2, 0.25) is 0 Å². The Morgan fingerprint density at radius 1 is 1.26 bits per heavy atom. The summed E-state index contributed by atoms with van der Waals surface area (Å²) in [6, 6.07) is 7.80. The van der Waals surface area contributed by atoms with Crippen molar-refractivity contribution in [2.24, 2.45) is 0 Å². The van der Waals surface area contributed by atoms with Gasteiger partial charge in [0.25, 0.3) is 0 Å². The minimum absolute atomic E-state index is 0.255. The molecular weight excluding hydrogens is 464 g/mol. The molecule has 1 heterocycles. The van der Waals surface area contributed by atoms with Crippen molar-refractivity contribution in [3.8, 4) is 6.07 Å². The SMILES string of the molecule is CCC(C#N)c1cc(F)c(C)cc1N(Cc1ccc(SN[C@@H](C)C(F)(F)F)cn1)C1CCCC1. The second-order valence-corrected chi connectivity index (χ2v) is 9.70. The van der Waals surface area contributed by atoms with Gasteiger partial charge >= 0.3 is 6.18 Å². The van der Waals surface area contributed by atoms with E-state index in [1.165, 1.54) is 6.07 Å². The molecular formula is C25H30F4N4S. The molecule has 2 atom stereocenters. The average Bonchev–Trinajstić information content (AvgIpc) is 3.34. The Bertz CT molecular complexity index is 998. The molecule has 1 fully saturated rings. The number of nitrogens with one attached hydrogen (secondary N) is 1. The smallest absolute Gasteiger partial charge is 0.362 e. The van der Waals surface area contributed by atoms with E-state index in [-0.39, 0.29) is 11.9 Å². The summed E-state index contributed by atoms with van der Waals surface area (Å²) in [4.78, 5) is 7.30. The Hall–Kier alpha value is -2.31. The Balaban J connectivity index is 1.86. The highest BCUT2D eigenvalue weighted by Crippen LogP contribution is 2.37. The number of pyridine rings is 1. The fraction of sp³-hybridized carbons (Fsp3) is 0.520. The van der Waals surface area contributed by atoms with Crippen molar-refractivity contribution in [3.05, 3.63) is 53.1 Å². The van der Waals surface area contributed by atoms with Gasteiger partial charge in [-0.05, 0) is 80.5 Å². The Labute approximate surface area is 202 Å². The van der Waals surface area contributed by atoms with Crippen LogP contribution in [0.1, 0.15) is 68.7 Å². The number of alkyl halides is 3. The van der Waals surface area contributed by atoms with Crippen LogP contribution in [0.4, 0.5) is 23.2 Å². The fourth-order valence-electron chi connectivity index (χ4n) is 4.18. The first kappa shape index (κ1) is 26.3. The van der Waals surface area contributed by atoms with Gasteiger partial charge in [0.1, 0.15) is 11.9 Å². The number of rotatable bonds is 9. The first-order valence-electron chi connectivity index (χ1n) is 11.5. The standard InChI is InChI=1S/C25H30F4N4S/c1-4-18(13-30)22-12-23(26)16(2)11-24(22)33(20-7-5-6-8-20)15-19-9-10-21(14-31-19)34-32-17(3)25(27,28)29/h9-12,14,17-18,20,32H,4-8,15H2,1-3H3/t17-,18?/m0/s1. The summed E-state index contributed by atoms with van der Waals surface area (Å²) in [7, 11) is 0. The zero-order valence-corrected chi connectivity index (χ0v) is 20.4. The minimum Gasteiger partial charge on any atom is -0.362 e. The Morgan fingerprint density at radius 2 is 1.97 bits per heavy atom. The highest BCUT2D eigenvalue weighted by molar-refractivity contribution is 7.97. The van der Waals surface area contributed by atoms with Crippen molar-refractivity contribution in [3.63, 3.8) is 0 Å². The second-order valence-electron chi connectivity index (χ2n) is 8.78. The summed E-state index contributed by atoms with van der Waals surface area (Å²) in [5.74, 6) is -0.735. The van der Waals surface area contributed by atoms with Gasteiger partial charge in [-0.3, -0.25) is 4.98 Å². The molecule has 0 spiro atoms. The summed E-state index contributed by atoms with van der Waals surface area (Å²) in [6.45, 7) is 5.19. The van der Waals surface area contributed by atoms with E-state index in [0.717, 1.165) is 55.9 Å². The normalized spacial score (nSPS) is 16.3. The number of nitriles is 1. The number of benzene rings is 1. The number of nitrogens with zero attached hydrogens (tertiary/aromatic N) is 3. The molecule has 1 saturated carbocycles. The van der Waals surface area contributed by atoms with Crippen molar-refractivity contribution in [1.29, 1.82) is 5.26 Å². The average molecular weight is 495 g/mol. The maximum absolute atomic E-state index is 14.5. The van der Waals surface area contributed by atoms with Crippen LogP contribution >= 0.6 is 11.9 Å². The quantitative estimate of drug-likeness (QED) is 0.299. The van der Waals surface area contributed by atoms with Crippen LogP contribution in [0.3, 0.4) is 0 Å². The summed E-state index contributed by atoms with van der Waals surface area (Å²) in [5.41, 5.74) is 2.84. The van der Waals surface area contributed by atoms with Gasteiger partial charge in [0, 0.05) is 22.8 Å². The van der Waals surface area contributed by atoms with Crippen molar-refractivity contribution in [1.82, 2.24) is 9.71 Å². The van der Waals surface area contributed by atoms with Gasteiger partial charge in [-0.25, -0.2) is 9.11 Å². The molecule has 34 heavy (non-hydrogen) atoms. The predicted molar refractivity (Wildman–Crippen MR) is 127 cm³/mol. The monoisotopic (exact) mass is 494 g/mol. The molecule has 9 heteroatoms. The first-order valence-corrected chi connectivity index (χ1v) is 12.4. The van der Waals surface area contributed by atoms with Gasteiger partial charge in [0.05, 0.1) is 24.2 Å². The molecule has 1 aromatic carbocycles. The minimum atomic E-state index is -4.31. The van der Waals surface area contributed by atoms with Crippen LogP contribution < -0.4 is 9.62 Å². The van der Waals surface area contributed by atoms with Gasteiger partial charge < -0.3 is 4.90 Å². The maximum Gasteiger partial charge on any atom is 0.404 e. The van der Waals surface area contributed by atoms with Crippen molar-refractivity contribution in [2.75, 3.05) is 4.90 Å². The summed E-state index contributed by atoms with van der Waals surface area (Å²) < 4.78 is 55.0. The molecule has 0 amide bonds. The van der Waals surface area contributed by atoms with E-state index in [4.69, 9.17) is 0 Å². The van der Waals surface area contributed by atoms with E-state index in [1.54, 1.807) is 19.2 Å². The lowest BCUT2D eigenvalue weighted by Gasteiger charge is -2.34. The molecule has 1 N–H and O–H groups in total. The van der Waals surface area contributed by atoms with E-state index in [2.05, 4.69) is 20.7 Å². The van der Waals surface area contributed by atoms with Gasteiger partial charge in [0.15, 0.2) is 0 Å². The molecule has 0 aliphatic heterocycles. The number of aryl methyl sites for hydroxylation is 1. The van der Waals surface area contributed by atoms with Crippen LogP contribution in [0.5, 0.6) is 0 Å². The molecule has 1 aromatic heterocycles. The summed E-state index contributed by atoms with van der Waals surface area (Å²) >= 11 is 0.897. The topological polar surface area (TPSA) is 52.0 Å². The highest BCUT2D eigenvalue weighted by atomic mass is 32.2. The third-order valence-electron chi connectivity index (χ3n) is 6.30. The van der Waals surface area contributed by atoms with Crippen LogP contribution in [-0.4, -0.2) is 23.2 Å². The number of aromatic nitrogens is 1. The largest absolute Gasteiger partial charge is 0.404 e. The molecule has 184 valence electrons. The zero-order chi connectivity index (χ0) is 24.9. The molecule has 2 aromatic rings. The van der Waals surface area contributed by atoms with E-state index < -0.39 is 18.1 Å². The van der Waals surface area contributed by atoms with Crippen molar-refractivity contribution in [2.45, 2.75) is 88.5 Å². The maximum atomic E-state index is 14.5. The van der Waals surface area contributed by atoms with Crippen LogP contribution in [0.2, 0.25) is 0 Å². The predicted octanol–water partition coefficient (Wildman–Crippen LogP) is 7.04. The number of hydrogen-bond acceptors (Lipinski definition) is 5. The lowest BCUT2D eigenvalue weighted by molar-refractivity contribution is -0.146. The third-order valence-corrected chi connectivity index (χ3v) is 7.25. The van der Waals surface area contributed by atoms with Crippen LogP contribution in [0.15, 0.2) is 35.4 Å². The number of anilines is 1. The van der Waals surface area contributed by atoms with Crippen molar-refractivity contribution >= 4 is 17.6 Å². The summed E-state index contributed by atoms with van der Waals surface area (Å²) in [5, 5.41) is 9.69. The van der Waals surface area contributed by atoms with Crippen LogP contribution in [-0.2, 0) is 6.54 Å². The van der Waals surface area contributed by atoms with Gasteiger partial charge in [-0.15, -0.1) is 0 Å². The Morgan fingerprint density at radius 3 is 2.53 bits per heavy atom. The Kier molecular flexibility index (Phi) is 8.83. The van der Waals surface area contributed by atoms with E-state index in [1.807, 2.05) is 19.1 Å². The number of hydrogen-bond donors (Lipinski definition) is 1. The molecule has 1 aliphatic carbocycles. The molecule has 3 rings (SSSR count). The van der Waals surface area contributed by atoms with E-state index in [9.17, 15) is 22.8 Å². The zero-order valence-electron chi connectivity index (χ0n) is 19.6. The molecule has 0 bridgehead atoms. The molecule has 4 nitrogen and oxygen atoms in total. The van der Waals surface area contributed by atoms with Crippen LogP contribution in [0, 0.1) is 24.1 Å². The fourth-order valence-corrected chi connectivity index (χ4v) is 4.87. The summed E-state index contributed by atoms with van der Waals surface area (Å²) in [6.07, 6.45) is 2.06. The third kappa shape index (κ3) is 6.42. The number of halogens is 4. The highest BCUT2D eigenvalue weighted by Gasteiger charge is 2.36. The molecule has 1 aliphatic rings. The molecule has 1 unspecified atom stereocenters. The molecule has 0 saturated heterocycles. The lowest BCUT2D eigenvalue weighted by atomic mass is 9.93. The lowest BCUT2D eigenvalue weighted by Crippen LogP contribution is -2.35. The van der Waals surface area contributed by atoms with Crippen molar-refractivity contribution < 1.29 is 17.6 Å². The van der Waals surface area contributed by atoms with Gasteiger partial charge in [-0.2, -0.15) is 18.4 Å².